The van der Waals surface area contributed by atoms with Crippen LogP contribution >= 0.6 is 11.3 Å². The molecule has 0 N–H and O–H groups in total. The number of halogens is 9. The van der Waals surface area contributed by atoms with Gasteiger partial charge in [-0.3, -0.25) is 0 Å². The second-order valence-electron chi connectivity index (χ2n) is 9.04. The molecule has 0 aliphatic carbocycles. The quantitative estimate of drug-likeness (QED) is 0.218. The summed E-state index contributed by atoms with van der Waals surface area (Å²) in [4.78, 5) is 4.28. The molecule has 1 aliphatic heterocycles. The standard InChI is InChI=1S/C26H16F9NO3S/c1-11-9-37-24(38-10-11)12-2-3-19-20(6-12)40-23(36-19)13-4-15(27)22(16(28)5-13)26(34,35)39-14-7-17(29)21(18(30)8-14)25(31,32)33/h2-8,11,24H,9-10H2,1H3. The Hall–Kier alpha value is -3.36. The zero-order valence-corrected chi connectivity index (χ0v) is 20.9. The summed E-state index contributed by atoms with van der Waals surface area (Å²) >= 11 is 1.02. The lowest BCUT2D eigenvalue weighted by atomic mass is 10.1. The van der Waals surface area contributed by atoms with Gasteiger partial charge in [-0.1, -0.05) is 13.0 Å². The van der Waals surface area contributed by atoms with Gasteiger partial charge in [0.15, 0.2) is 6.29 Å². The van der Waals surface area contributed by atoms with E-state index in [2.05, 4.69) is 9.72 Å². The molecule has 4 aromatic rings. The van der Waals surface area contributed by atoms with E-state index in [1.807, 2.05) is 6.92 Å². The molecule has 14 heteroatoms. The summed E-state index contributed by atoms with van der Waals surface area (Å²) in [6.07, 6.45) is -10.9. The molecule has 40 heavy (non-hydrogen) atoms. The van der Waals surface area contributed by atoms with Crippen LogP contribution in [0.2, 0.25) is 0 Å². The molecule has 212 valence electrons. The monoisotopic (exact) mass is 593 g/mol. The van der Waals surface area contributed by atoms with Crippen LogP contribution in [0.1, 0.15) is 29.9 Å². The van der Waals surface area contributed by atoms with Gasteiger partial charge in [-0.25, -0.2) is 22.5 Å². The van der Waals surface area contributed by atoms with Crippen molar-refractivity contribution in [3.63, 3.8) is 0 Å². The van der Waals surface area contributed by atoms with Crippen molar-refractivity contribution in [2.45, 2.75) is 25.5 Å². The van der Waals surface area contributed by atoms with Crippen LogP contribution in [0.5, 0.6) is 5.75 Å². The van der Waals surface area contributed by atoms with Gasteiger partial charge < -0.3 is 14.2 Å². The molecule has 0 atom stereocenters. The van der Waals surface area contributed by atoms with Crippen LogP contribution in [-0.2, 0) is 21.8 Å². The molecule has 0 radical (unpaired) electrons. The molecule has 1 saturated heterocycles. The minimum atomic E-state index is -5.46. The Morgan fingerprint density at radius 1 is 0.825 bits per heavy atom. The van der Waals surface area contributed by atoms with E-state index in [0.29, 0.717) is 41.1 Å². The SMILES string of the molecule is CC1COC(c2ccc3nc(-c4cc(F)c(C(F)(F)Oc5cc(F)c(C(F)(F)F)c(F)c5)c(F)c4)sc3c2)OC1. The molecule has 4 nitrogen and oxygen atoms in total. The Morgan fingerprint density at radius 2 is 1.40 bits per heavy atom. The van der Waals surface area contributed by atoms with Crippen LogP contribution in [0.25, 0.3) is 20.8 Å². The van der Waals surface area contributed by atoms with Crippen molar-refractivity contribution < 1.29 is 53.7 Å². The first kappa shape index (κ1) is 28.2. The number of rotatable bonds is 5. The largest absolute Gasteiger partial charge is 0.432 e. The number of hydrogen-bond acceptors (Lipinski definition) is 5. The molecule has 1 fully saturated rings. The third-order valence-electron chi connectivity index (χ3n) is 5.87. The van der Waals surface area contributed by atoms with Crippen LogP contribution in [0.15, 0.2) is 42.5 Å². The Kier molecular flexibility index (Phi) is 7.21. The van der Waals surface area contributed by atoms with Crippen molar-refractivity contribution in [1.82, 2.24) is 4.98 Å². The van der Waals surface area contributed by atoms with Crippen molar-refractivity contribution in [2.75, 3.05) is 13.2 Å². The Balaban J connectivity index is 1.42. The van der Waals surface area contributed by atoms with E-state index in [0.717, 1.165) is 11.3 Å². The predicted molar refractivity (Wildman–Crippen MR) is 125 cm³/mol. The van der Waals surface area contributed by atoms with Gasteiger partial charge in [0, 0.05) is 29.2 Å². The van der Waals surface area contributed by atoms with Crippen LogP contribution < -0.4 is 4.74 Å². The lowest BCUT2D eigenvalue weighted by Crippen LogP contribution is -2.25. The molecule has 0 unspecified atom stereocenters. The van der Waals surface area contributed by atoms with E-state index in [-0.39, 0.29) is 28.6 Å². The van der Waals surface area contributed by atoms with Gasteiger partial charge in [0.2, 0.25) is 0 Å². The van der Waals surface area contributed by atoms with E-state index in [1.165, 1.54) is 0 Å². The second-order valence-corrected chi connectivity index (χ2v) is 10.1. The molecule has 1 aromatic heterocycles. The number of nitrogens with zero attached hydrogens (tertiary/aromatic N) is 1. The molecule has 0 bridgehead atoms. The van der Waals surface area contributed by atoms with E-state index in [9.17, 15) is 39.5 Å². The highest BCUT2D eigenvalue weighted by Gasteiger charge is 2.43. The molecule has 3 aromatic carbocycles. The zero-order chi connectivity index (χ0) is 29.0. The van der Waals surface area contributed by atoms with Crippen LogP contribution in [0.4, 0.5) is 39.5 Å². The van der Waals surface area contributed by atoms with Gasteiger partial charge in [-0.05, 0) is 24.3 Å². The molecule has 0 saturated carbocycles. The first-order valence-electron chi connectivity index (χ1n) is 11.5. The zero-order valence-electron chi connectivity index (χ0n) is 20.1. The van der Waals surface area contributed by atoms with Crippen molar-refractivity contribution in [2.24, 2.45) is 5.92 Å². The maximum atomic E-state index is 14.8. The fourth-order valence-corrected chi connectivity index (χ4v) is 5.06. The molecule has 1 aliphatic rings. The van der Waals surface area contributed by atoms with Crippen molar-refractivity contribution in [1.29, 1.82) is 0 Å². The van der Waals surface area contributed by atoms with E-state index in [1.54, 1.807) is 18.2 Å². The Morgan fingerprint density at radius 3 is 1.98 bits per heavy atom. The maximum Gasteiger partial charge on any atom is 0.432 e. The smallest absolute Gasteiger partial charge is 0.429 e. The number of thiazole rings is 1. The van der Waals surface area contributed by atoms with Crippen molar-refractivity contribution >= 4 is 21.6 Å². The van der Waals surface area contributed by atoms with Gasteiger partial charge in [0.05, 0.1) is 23.4 Å². The second kappa shape index (κ2) is 10.2. The summed E-state index contributed by atoms with van der Waals surface area (Å²) in [5.41, 5.74) is -3.29. The molecule has 0 amide bonds. The Bertz CT molecular complexity index is 1530. The number of alkyl halides is 5. The number of benzene rings is 3. The fourth-order valence-electron chi connectivity index (χ4n) is 4.06. The summed E-state index contributed by atoms with van der Waals surface area (Å²) < 4.78 is 141. The lowest BCUT2D eigenvalue weighted by Gasteiger charge is -2.27. The topological polar surface area (TPSA) is 40.6 Å². The minimum absolute atomic E-state index is 0.0896. The first-order valence-corrected chi connectivity index (χ1v) is 12.3. The summed E-state index contributed by atoms with van der Waals surface area (Å²) in [5.74, 6) is -9.25. The van der Waals surface area contributed by atoms with Crippen LogP contribution in [-0.4, -0.2) is 18.2 Å². The molecular formula is C26H16F9NO3S. The fraction of sp³-hybridized carbons (Fsp3) is 0.269. The summed E-state index contributed by atoms with van der Waals surface area (Å²) in [6.45, 7) is 2.96. The Labute approximate surface area is 223 Å². The minimum Gasteiger partial charge on any atom is -0.429 e. The van der Waals surface area contributed by atoms with Gasteiger partial charge >= 0.3 is 12.3 Å². The molecule has 0 spiro atoms. The number of fused-ring (bicyclic) bond motifs is 1. The first-order chi connectivity index (χ1) is 18.7. The van der Waals surface area contributed by atoms with Gasteiger partial charge in [-0.15, -0.1) is 11.3 Å². The highest BCUT2D eigenvalue weighted by Crippen LogP contribution is 2.41. The number of aromatic nitrogens is 1. The molecule has 5 rings (SSSR count). The molecule has 2 heterocycles. The van der Waals surface area contributed by atoms with Gasteiger partial charge in [-0.2, -0.15) is 22.0 Å². The lowest BCUT2D eigenvalue weighted by molar-refractivity contribution is -0.202. The molecular weight excluding hydrogens is 577 g/mol. The van der Waals surface area contributed by atoms with Crippen molar-refractivity contribution in [3.05, 3.63) is 82.4 Å². The average Bonchev–Trinajstić information content (AvgIpc) is 3.26. The normalized spacial score (nSPS) is 18.4. The van der Waals surface area contributed by atoms with E-state index in [4.69, 9.17) is 9.47 Å². The third kappa shape index (κ3) is 5.47. The van der Waals surface area contributed by atoms with Gasteiger partial charge in [0.25, 0.3) is 0 Å². The number of ether oxygens (including phenoxy) is 3. The number of hydrogen-bond donors (Lipinski definition) is 0. The highest BCUT2D eigenvalue weighted by atomic mass is 32.1. The van der Waals surface area contributed by atoms with Crippen LogP contribution in [0.3, 0.4) is 0 Å². The van der Waals surface area contributed by atoms with E-state index >= 15 is 0 Å². The summed E-state index contributed by atoms with van der Waals surface area (Å²) in [5, 5.41) is 0.0896. The highest BCUT2D eigenvalue weighted by molar-refractivity contribution is 7.21. The summed E-state index contributed by atoms with van der Waals surface area (Å²) in [6, 6.07) is 5.88. The van der Waals surface area contributed by atoms with Crippen molar-refractivity contribution in [3.8, 4) is 16.3 Å². The van der Waals surface area contributed by atoms with Crippen LogP contribution in [0, 0.1) is 29.2 Å². The third-order valence-corrected chi connectivity index (χ3v) is 6.94. The van der Waals surface area contributed by atoms with Gasteiger partial charge in [0.1, 0.15) is 45.2 Å². The van der Waals surface area contributed by atoms with E-state index < -0.39 is 58.7 Å². The predicted octanol–water partition coefficient (Wildman–Crippen LogP) is 8.35. The maximum absolute atomic E-state index is 14.8. The summed E-state index contributed by atoms with van der Waals surface area (Å²) in [7, 11) is 0. The average molecular weight is 593 g/mol.